The summed E-state index contributed by atoms with van der Waals surface area (Å²) in [5.41, 5.74) is -0.0490. The summed E-state index contributed by atoms with van der Waals surface area (Å²) < 4.78 is 0. The van der Waals surface area contributed by atoms with Crippen molar-refractivity contribution >= 4 is 5.91 Å². The Kier molecular flexibility index (Phi) is 6.68. The fourth-order valence-electron chi connectivity index (χ4n) is 1.84. The van der Waals surface area contributed by atoms with Crippen LogP contribution in [0.1, 0.15) is 32.8 Å². The molecule has 3 N–H and O–H groups in total. The third-order valence-corrected chi connectivity index (χ3v) is 3.10. The molecule has 4 nitrogen and oxygen atoms in total. The Balaban J connectivity index is 2.25. The Morgan fingerprint density at radius 2 is 1.95 bits per heavy atom. The van der Waals surface area contributed by atoms with Crippen LogP contribution in [0.4, 0.5) is 0 Å². The van der Waals surface area contributed by atoms with E-state index in [1.165, 1.54) is 0 Å². The van der Waals surface area contributed by atoms with Crippen LogP contribution in [-0.2, 0) is 10.4 Å². The number of aliphatic hydroxyl groups is 1. The minimum absolute atomic E-state index is 0.0468. The Labute approximate surface area is 121 Å². The van der Waals surface area contributed by atoms with Crippen molar-refractivity contribution in [2.75, 3.05) is 19.6 Å². The van der Waals surface area contributed by atoms with Gasteiger partial charge >= 0.3 is 0 Å². The molecule has 4 heteroatoms. The van der Waals surface area contributed by atoms with Gasteiger partial charge in [-0.1, -0.05) is 44.2 Å². The maximum absolute atomic E-state index is 11.5. The number of hydrogen-bond donors (Lipinski definition) is 3. The van der Waals surface area contributed by atoms with E-state index < -0.39 is 5.60 Å². The van der Waals surface area contributed by atoms with E-state index in [-0.39, 0.29) is 5.91 Å². The van der Waals surface area contributed by atoms with Crippen LogP contribution in [0.25, 0.3) is 0 Å². The first-order valence-electron chi connectivity index (χ1n) is 7.17. The third-order valence-electron chi connectivity index (χ3n) is 3.10. The molecule has 20 heavy (non-hydrogen) atoms. The molecule has 112 valence electrons. The van der Waals surface area contributed by atoms with E-state index in [4.69, 9.17) is 0 Å². The van der Waals surface area contributed by atoms with Gasteiger partial charge in [-0.3, -0.25) is 4.79 Å². The van der Waals surface area contributed by atoms with E-state index in [1.807, 2.05) is 30.3 Å². The highest BCUT2D eigenvalue weighted by Gasteiger charge is 2.21. The van der Waals surface area contributed by atoms with Gasteiger partial charge in [0.2, 0.25) is 5.91 Å². The minimum atomic E-state index is -0.921. The largest absolute Gasteiger partial charge is 0.384 e. The van der Waals surface area contributed by atoms with Crippen LogP contribution in [0.15, 0.2) is 30.3 Å². The lowest BCUT2D eigenvalue weighted by Gasteiger charge is -2.24. The highest BCUT2D eigenvalue weighted by Crippen LogP contribution is 2.18. The standard InChI is InChI=1S/C16H26N2O2/c1-13(2)11-18-15(19)9-10-17-12-16(3,20)14-7-5-4-6-8-14/h4-8,13,17,20H,9-12H2,1-3H3,(H,18,19). The van der Waals surface area contributed by atoms with Crippen LogP contribution in [-0.4, -0.2) is 30.6 Å². The van der Waals surface area contributed by atoms with Gasteiger partial charge < -0.3 is 15.7 Å². The molecule has 0 fully saturated rings. The normalized spacial score (nSPS) is 14.1. The monoisotopic (exact) mass is 278 g/mol. The lowest BCUT2D eigenvalue weighted by molar-refractivity contribution is -0.121. The van der Waals surface area contributed by atoms with Crippen LogP contribution in [0, 0.1) is 5.92 Å². The first-order chi connectivity index (χ1) is 9.42. The summed E-state index contributed by atoms with van der Waals surface area (Å²) in [5.74, 6) is 0.510. The van der Waals surface area contributed by atoms with Crippen molar-refractivity contribution in [1.82, 2.24) is 10.6 Å². The van der Waals surface area contributed by atoms with E-state index in [9.17, 15) is 9.90 Å². The van der Waals surface area contributed by atoms with Crippen molar-refractivity contribution < 1.29 is 9.90 Å². The van der Waals surface area contributed by atoms with Gasteiger partial charge in [0.05, 0.1) is 5.60 Å². The molecule has 0 aliphatic carbocycles. The lowest BCUT2D eigenvalue weighted by Crippen LogP contribution is -2.37. The summed E-state index contributed by atoms with van der Waals surface area (Å²) in [6, 6.07) is 9.53. The lowest BCUT2D eigenvalue weighted by atomic mass is 9.96. The molecule has 1 atom stereocenters. The summed E-state index contributed by atoms with van der Waals surface area (Å²) in [7, 11) is 0. The highest BCUT2D eigenvalue weighted by atomic mass is 16.3. The number of nitrogens with one attached hydrogen (secondary N) is 2. The second-order valence-corrected chi connectivity index (χ2v) is 5.76. The van der Waals surface area contributed by atoms with Crippen LogP contribution in [0.2, 0.25) is 0 Å². The second-order valence-electron chi connectivity index (χ2n) is 5.76. The molecule has 0 aromatic heterocycles. The van der Waals surface area contributed by atoms with Crippen molar-refractivity contribution in [1.29, 1.82) is 0 Å². The van der Waals surface area contributed by atoms with E-state index in [1.54, 1.807) is 6.92 Å². The first-order valence-corrected chi connectivity index (χ1v) is 7.17. The Hall–Kier alpha value is -1.39. The van der Waals surface area contributed by atoms with Crippen molar-refractivity contribution in [2.45, 2.75) is 32.8 Å². The predicted octanol–water partition coefficient (Wildman–Crippen LogP) is 1.65. The van der Waals surface area contributed by atoms with Crippen LogP contribution in [0.5, 0.6) is 0 Å². The van der Waals surface area contributed by atoms with Crippen molar-refractivity contribution in [3.8, 4) is 0 Å². The van der Waals surface area contributed by atoms with Crippen molar-refractivity contribution in [3.05, 3.63) is 35.9 Å². The molecule has 1 aromatic rings. The maximum Gasteiger partial charge on any atom is 0.221 e. The van der Waals surface area contributed by atoms with Gasteiger partial charge in [-0.15, -0.1) is 0 Å². The minimum Gasteiger partial charge on any atom is -0.384 e. The van der Waals surface area contributed by atoms with Crippen molar-refractivity contribution in [2.24, 2.45) is 5.92 Å². The summed E-state index contributed by atoms with van der Waals surface area (Å²) in [6.07, 6.45) is 0.428. The number of benzene rings is 1. The Morgan fingerprint density at radius 3 is 2.55 bits per heavy atom. The molecule has 0 radical (unpaired) electrons. The summed E-state index contributed by atoms with van der Waals surface area (Å²) >= 11 is 0. The Morgan fingerprint density at radius 1 is 1.30 bits per heavy atom. The topological polar surface area (TPSA) is 61.4 Å². The summed E-state index contributed by atoms with van der Waals surface area (Å²) in [6.45, 7) is 7.60. The van der Waals surface area contributed by atoms with Gasteiger partial charge in [0, 0.05) is 26.1 Å². The highest BCUT2D eigenvalue weighted by molar-refractivity contribution is 5.76. The molecular weight excluding hydrogens is 252 g/mol. The molecule has 0 heterocycles. The fraction of sp³-hybridized carbons (Fsp3) is 0.562. The van der Waals surface area contributed by atoms with Gasteiger partial charge in [-0.25, -0.2) is 0 Å². The Bertz CT molecular complexity index is 402. The molecule has 1 amide bonds. The quantitative estimate of drug-likeness (QED) is 0.634. The number of rotatable bonds is 8. The average Bonchev–Trinajstić information content (AvgIpc) is 2.42. The van der Waals surface area contributed by atoms with E-state index in [0.29, 0.717) is 32.0 Å². The van der Waals surface area contributed by atoms with E-state index in [2.05, 4.69) is 24.5 Å². The van der Waals surface area contributed by atoms with Crippen LogP contribution in [0.3, 0.4) is 0 Å². The smallest absolute Gasteiger partial charge is 0.221 e. The van der Waals surface area contributed by atoms with Gasteiger partial charge in [-0.05, 0) is 18.4 Å². The van der Waals surface area contributed by atoms with Gasteiger partial charge in [0.1, 0.15) is 0 Å². The summed E-state index contributed by atoms with van der Waals surface area (Å²) in [4.78, 5) is 11.5. The van der Waals surface area contributed by atoms with Crippen molar-refractivity contribution in [3.63, 3.8) is 0 Å². The van der Waals surface area contributed by atoms with E-state index in [0.717, 1.165) is 5.56 Å². The number of carbonyl (C=O) groups excluding carboxylic acids is 1. The fourth-order valence-corrected chi connectivity index (χ4v) is 1.84. The molecule has 0 saturated heterocycles. The van der Waals surface area contributed by atoms with Gasteiger partial charge in [0.15, 0.2) is 0 Å². The second kappa shape index (κ2) is 8.02. The zero-order valence-electron chi connectivity index (χ0n) is 12.6. The molecule has 0 spiro atoms. The molecule has 0 aliphatic heterocycles. The van der Waals surface area contributed by atoms with Gasteiger partial charge in [0.25, 0.3) is 0 Å². The molecule has 0 aliphatic rings. The molecule has 1 rings (SSSR count). The molecule has 1 unspecified atom stereocenters. The number of hydrogen-bond acceptors (Lipinski definition) is 3. The van der Waals surface area contributed by atoms with Crippen LogP contribution >= 0.6 is 0 Å². The first kappa shape index (κ1) is 16.7. The third kappa shape index (κ3) is 6.17. The zero-order valence-corrected chi connectivity index (χ0v) is 12.6. The number of carbonyl (C=O) groups is 1. The molecular formula is C16H26N2O2. The number of amides is 1. The molecule has 1 aromatic carbocycles. The SMILES string of the molecule is CC(C)CNC(=O)CCNCC(C)(O)c1ccccc1. The van der Waals surface area contributed by atoms with Crippen LogP contribution < -0.4 is 10.6 Å². The molecule has 0 saturated carbocycles. The summed E-state index contributed by atoms with van der Waals surface area (Å²) in [5, 5.41) is 16.4. The maximum atomic E-state index is 11.5. The molecule has 0 bridgehead atoms. The predicted molar refractivity (Wildman–Crippen MR) is 81.3 cm³/mol. The zero-order chi connectivity index (χ0) is 15.0. The van der Waals surface area contributed by atoms with Gasteiger partial charge in [-0.2, -0.15) is 0 Å². The van der Waals surface area contributed by atoms with E-state index >= 15 is 0 Å². The average molecular weight is 278 g/mol.